The lowest BCUT2D eigenvalue weighted by atomic mass is 10.1. The van der Waals surface area contributed by atoms with Gasteiger partial charge in [0.1, 0.15) is 16.5 Å². The van der Waals surface area contributed by atoms with Crippen LogP contribution in [0.2, 0.25) is 5.02 Å². The summed E-state index contributed by atoms with van der Waals surface area (Å²) in [6, 6.07) is 12.1. The summed E-state index contributed by atoms with van der Waals surface area (Å²) in [5, 5.41) is 6.05. The molecule has 2 aromatic carbocycles. The lowest BCUT2D eigenvalue weighted by molar-refractivity contribution is -0.142. The Morgan fingerprint density at radius 2 is 1.79 bits per heavy atom. The molecule has 176 valence electrons. The maximum atomic E-state index is 13.9. The smallest absolute Gasteiger partial charge is 0.433 e. The number of carbonyl (C=O) groups is 1. The van der Waals surface area contributed by atoms with Crippen molar-refractivity contribution in [3.8, 4) is 22.8 Å². The highest BCUT2D eigenvalue weighted by atomic mass is 79.9. The molecule has 0 bridgehead atoms. The number of aromatic nitrogens is 3. The summed E-state index contributed by atoms with van der Waals surface area (Å²) in [6.45, 7) is 0. The summed E-state index contributed by atoms with van der Waals surface area (Å²) in [6.07, 6.45) is -4.78. The summed E-state index contributed by atoms with van der Waals surface area (Å²) < 4.78 is 53.2. The van der Waals surface area contributed by atoms with E-state index in [1.807, 2.05) is 0 Å². The van der Waals surface area contributed by atoms with E-state index >= 15 is 0 Å². The van der Waals surface area contributed by atoms with Gasteiger partial charge < -0.3 is 14.8 Å². The molecule has 0 aliphatic rings. The predicted octanol–water partition coefficient (Wildman–Crippen LogP) is 6.10. The first kappa shape index (κ1) is 23.8. The zero-order valence-electron chi connectivity index (χ0n) is 17.6. The summed E-state index contributed by atoms with van der Waals surface area (Å²) in [7, 11) is 2.86. The normalized spacial score (nSPS) is 11.5. The summed E-state index contributed by atoms with van der Waals surface area (Å²) in [5.74, 6) is -0.0726. The third-order valence-electron chi connectivity index (χ3n) is 4.84. The number of carbonyl (C=O) groups excluding carboxylic acids is 1. The molecule has 0 radical (unpaired) electrons. The van der Waals surface area contributed by atoms with E-state index in [2.05, 4.69) is 31.3 Å². The van der Waals surface area contributed by atoms with Crippen molar-refractivity contribution < 1.29 is 27.4 Å². The van der Waals surface area contributed by atoms with Crippen molar-refractivity contribution in [3.05, 3.63) is 69.4 Å². The fourth-order valence-corrected chi connectivity index (χ4v) is 3.70. The quantitative estimate of drug-likeness (QED) is 0.322. The van der Waals surface area contributed by atoms with Crippen LogP contribution in [0.4, 0.5) is 18.9 Å². The van der Waals surface area contributed by atoms with E-state index in [9.17, 15) is 18.0 Å². The minimum absolute atomic E-state index is 0.0258. The lowest BCUT2D eigenvalue weighted by Gasteiger charge is -2.11. The number of ether oxygens (including phenoxy) is 2. The van der Waals surface area contributed by atoms with Crippen molar-refractivity contribution in [1.82, 2.24) is 14.6 Å². The van der Waals surface area contributed by atoms with Gasteiger partial charge >= 0.3 is 6.18 Å². The van der Waals surface area contributed by atoms with Gasteiger partial charge in [-0.25, -0.2) is 9.50 Å². The molecular formula is C22H15BrClF3N4O3. The molecule has 4 aromatic rings. The summed E-state index contributed by atoms with van der Waals surface area (Å²) >= 11 is 9.60. The Balaban J connectivity index is 1.81. The number of rotatable bonds is 5. The highest BCUT2D eigenvalue weighted by Gasteiger charge is 2.36. The van der Waals surface area contributed by atoms with E-state index in [0.717, 1.165) is 10.5 Å². The third-order valence-corrected chi connectivity index (χ3v) is 5.71. The van der Waals surface area contributed by atoms with Crippen LogP contribution in [-0.2, 0) is 6.18 Å². The third kappa shape index (κ3) is 4.53. The summed E-state index contributed by atoms with van der Waals surface area (Å²) in [4.78, 5) is 17.2. The molecule has 2 heterocycles. The van der Waals surface area contributed by atoms with Gasteiger partial charge in [-0.2, -0.15) is 18.3 Å². The Kier molecular flexibility index (Phi) is 6.41. The number of nitrogens with one attached hydrogen (secondary N) is 1. The average molecular weight is 556 g/mol. The van der Waals surface area contributed by atoms with Crippen LogP contribution in [0, 0.1) is 0 Å². The minimum atomic E-state index is -4.78. The Labute approximate surface area is 204 Å². The molecule has 1 amide bonds. The van der Waals surface area contributed by atoms with Crippen molar-refractivity contribution in [1.29, 1.82) is 0 Å². The van der Waals surface area contributed by atoms with Gasteiger partial charge in [0.25, 0.3) is 5.91 Å². The highest BCUT2D eigenvalue weighted by molar-refractivity contribution is 9.10. The number of methoxy groups -OCH3 is 2. The number of nitrogens with zero attached hydrogens (tertiary/aromatic N) is 3. The summed E-state index contributed by atoms with van der Waals surface area (Å²) in [5.41, 5.74) is -1.15. The van der Waals surface area contributed by atoms with Gasteiger partial charge in [-0.15, -0.1) is 0 Å². The largest absolute Gasteiger partial charge is 0.497 e. The number of amides is 1. The van der Waals surface area contributed by atoms with Crippen LogP contribution in [0.25, 0.3) is 16.9 Å². The molecule has 0 spiro atoms. The fourth-order valence-electron chi connectivity index (χ4n) is 3.19. The molecule has 2 aromatic heterocycles. The zero-order valence-corrected chi connectivity index (χ0v) is 19.9. The molecule has 0 aliphatic heterocycles. The molecule has 0 aliphatic carbocycles. The van der Waals surface area contributed by atoms with Crippen molar-refractivity contribution in [2.24, 2.45) is 0 Å². The maximum Gasteiger partial charge on any atom is 0.433 e. The topological polar surface area (TPSA) is 77.8 Å². The Morgan fingerprint density at radius 3 is 2.41 bits per heavy atom. The van der Waals surface area contributed by atoms with Crippen molar-refractivity contribution in [2.45, 2.75) is 6.18 Å². The molecular weight excluding hydrogens is 541 g/mol. The number of hydrogen-bond donors (Lipinski definition) is 1. The van der Waals surface area contributed by atoms with E-state index in [1.165, 1.54) is 26.4 Å². The zero-order chi connectivity index (χ0) is 24.6. The van der Waals surface area contributed by atoms with Crippen LogP contribution in [0.5, 0.6) is 11.5 Å². The average Bonchev–Trinajstić information content (AvgIpc) is 3.15. The van der Waals surface area contributed by atoms with Gasteiger partial charge in [-0.1, -0.05) is 39.7 Å². The van der Waals surface area contributed by atoms with Crippen LogP contribution < -0.4 is 14.8 Å². The molecule has 4 rings (SSSR count). The van der Waals surface area contributed by atoms with Crippen LogP contribution in [0.3, 0.4) is 0 Å². The minimum Gasteiger partial charge on any atom is -0.497 e. The van der Waals surface area contributed by atoms with E-state index in [-0.39, 0.29) is 27.8 Å². The standard InChI is InChI=1S/C22H15BrClF3N4O3/c1-33-13-7-8-14(16(9-13)34-2)29-21(32)19-18(24)20-28-15(11-3-5-12(23)6-4-11)10-17(22(25,26)27)31(20)30-19/h3-10H,1-2H3,(H,29,32). The van der Waals surface area contributed by atoms with E-state index < -0.39 is 23.5 Å². The number of anilines is 1. The monoisotopic (exact) mass is 554 g/mol. The first-order chi connectivity index (χ1) is 16.1. The van der Waals surface area contributed by atoms with Gasteiger partial charge in [0.15, 0.2) is 17.0 Å². The molecule has 1 N–H and O–H groups in total. The highest BCUT2D eigenvalue weighted by Crippen LogP contribution is 2.35. The fraction of sp³-hybridized carbons (Fsp3) is 0.136. The Bertz CT molecular complexity index is 1390. The van der Waals surface area contributed by atoms with E-state index in [1.54, 1.807) is 30.3 Å². The molecule has 0 saturated carbocycles. The Hall–Kier alpha value is -3.31. The predicted molar refractivity (Wildman–Crippen MR) is 124 cm³/mol. The van der Waals surface area contributed by atoms with Crippen LogP contribution in [0.15, 0.2) is 53.0 Å². The van der Waals surface area contributed by atoms with Crippen LogP contribution >= 0.6 is 27.5 Å². The van der Waals surface area contributed by atoms with Crippen molar-refractivity contribution >= 4 is 44.8 Å². The maximum absolute atomic E-state index is 13.9. The molecule has 12 heteroatoms. The number of benzene rings is 2. The van der Waals surface area contributed by atoms with Crippen molar-refractivity contribution in [2.75, 3.05) is 19.5 Å². The first-order valence-corrected chi connectivity index (χ1v) is 10.7. The molecule has 7 nitrogen and oxygen atoms in total. The second kappa shape index (κ2) is 9.15. The number of hydrogen-bond acceptors (Lipinski definition) is 5. The van der Waals surface area contributed by atoms with Gasteiger partial charge in [-0.3, -0.25) is 4.79 Å². The van der Waals surface area contributed by atoms with Crippen LogP contribution in [0.1, 0.15) is 16.2 Å². The SMILES string of the molecule is COc1ccc(NC(=O)c2nn3c(C(F)(F)F)cc(-c4ccc(Br)cc4)nc3c2Cl)c(OC)c1. The molecule has 0 unspecified atom stereocenters. The number of fused-ring (bicyclic) bond motifs is 1. The molecule has 0 fully saturated rings. The second-order valence-electron chi connectivity index (χ2n) is 6.95. The second-order valence-corrected chi connectivity index (χ2v) is 8.24. The molecule has 34 heavy (non-hydrogen) atoms. The van der Waals surface area contributed by atoms with Crippen molar-refractivity contribution in [3.63, 3.8) is 0 Å². The van der Waals surface area contributed by atoms with Gasteiger partial charge in [-0.05, 0) is 30.3 Å². The van der Waals surface area contributed by atoms with Gasteiger partial charge in [0, 0.05) is 16.1 Å². The molecule has 0 atom stereocenters. The molecule has 0 saturated heterocycles. The van der Waals surface area contributed by atoms with E-state index in [0.29, 0.717) is 15.8 Å². The van der Waals surface area contributed by atoms with Crippen LogP contribution in [-0.4, -0.2) is 34.7 Å². The Morgan fingerprint density at radius 1 is 1.09 bits per heavy atom. The first-order valence-electron chi connectivity index (χ1n) is 9.58. The lowest BCUT2D eigenvalue weighted by Crippen LogP contribution is -2.16. The van der Waals surface area contributed by atoms with Gasteiger partial charge in [0.2, 0.25) is 0 Å². The number of halogens is 5. The number of alkyl halides is 3. The van der Waals surface area contributed by atoms with E-state index in [4.69, 9.17) is 21.1 Å². The van der Waals surface area contributed by atoms with Gasteiger partial charge in [0.05, 0.1) is 25.6 Å².